The van der Waals surface area contributed by atoms with Gasteiger partial charge in [-0.05, 0) is 46.7 Å². The van der Waals surface area contributed by atoms with Crippen LogP contribution in [0.15, 0.2) is 48.8 Å². The molecule has 0 radical (unpaired) electrons. The van der Waals surface area contributed by atoms with Gasteiger partial charge in [-0.25, -0.2) is 4.79 Å². The first kappa shape index (κ1) is 20.8. The van der Waals surface area contributed by atoms with E-state index in [0.717, 1.165) is 5.56 Å². The highest BCUT2D eigenvalue weighted by Crippen LogP contribution is 2.27. The minimum Gasteiger partial charge on any atom is -0.493 e. The molecule has 3 aromatic rings. The topological polar surface area (TPSA) is 117 Å². The van der Waals surface area contributed by atoms with Crippen molar-refractivity contribution in [1.29, 1.82) is 0 Å². The zero-order chi connectivity index (χ0) is 21.3. The average molecular weight is 411 g/mol. The number of hydrogen-bond acceptors (Lipinski definition) is 8. The Kier molecular flexibility index (Phi) is 6.93. The van der Waals surface area contributed by atoms with Gasteiger partial charge in [-0.2, -0.15) is 4.68 Å². The van der Waals surface area contributed by atoms with Crippen molar-refractivity contribution >= 4 is 11.9 Å². The molecular formula is C20H21N5O5. The van der Waals surface area contributed by atoms with Gasteiger partial charge in [-0.3, -0.25) is 4.79 Å². The van der Waals surface area contributed by atoms with Crippen LogP contribution in [0.2, 0.25) is 0 Å². The molecule has 10 heteroatoms. The predicted octanol–water partition coefficient (Wildman–Crippen LogP) is 1.20. The molecule has 0 unspecified atom stereocenters. The molecule has 0 spiro atoms. The third-order valence-corrected chi connectivity index (χ3v) is 4.24. The lowest BCUT2D eigenvalue weighted by atomic mass is 10.1. The van der Waals surface area contributed by atoms with Crippen molar-refractivity contribution in [2.75, 3.05) is 27.4 Å². The minimum absolute atomic E-state index is 0.253. The van der Waals surface area contributed by atoms with Gasteiger partial charge in [0.1, 0.15) is 6.33 Å². The van der Waals surface area contributed by atoms with E-state index in [9.17, 15) is 9.59 Å². The zero-order valence-electron chi connectivity index (χ0n) is 16.6. The second-order valence-corrected chi connectivity index (χ2v) is 6.14. The second-order valence-electron chi connectivity index (χ2n) is 6.14. The Morgan fingerprint density at radius 2 is 1.87 bits per heavy atom. The fraction of sp³-hybridized carbons (Fsp3) is 0.250. The number of amides is 1. The monoisotopic (exact) mass is 411 g/mol. The molecule has 0 atom stereocenters. The summed E-state index contributed by atoms with van der Waals surface area (Å²) < 4.78 is 16.9. The van der Waals surface area contributed by atoms with Crippen LogP contribution in [0.25, 0.3) is 5.69 Å². The Morgan fingerprint density at radius 3 is 2.60 bits per heavy atom. The number of carbonyl (C=O) groups excluding carboxylic acids is 2. The normalized spacial score (nSPS) is 10.3. The van der Waals surface area contributed by atoms with Gasteiger partial charge in [0.15, 0.2) is 18.1 Å². The molecule has 1 aromatic heterocycles. The average Bonchev–Trinajstić information content (AvgIpc) is 3.32. The number of aromatic nitrogens is 4. The van der Waals surface area contributed by atoms with Crippen molar-refractivity contribution in [1.82, 2.24) is 25.5 Å². The van der Waals surface area contributed by atoms with E-state index in [4.69, 9.17) is 14.2 Å². The lowest BCUT2D eigenvalue weighted by Crippen LogP contribution is -2.30. The van der Waals surface area contributed by atoms with E-state index >= 15 is 0 Å². The summed E-state index contributed by atoms with van der Waals surface area (Å²) in [4.78, 5) is 24.4. The summed E-state index contributed by atoms with van der Waals surface area (Å²) >= 11 is 0. The maximum atomic E-state index is 12.4. The highest BCUT2D eigenvalue weighted by molar-refractivity contribution is 5.94. The van der Waals surface area contributed by atoms with Gasteiger partial charge in [-0.1, -0.05) is 18.2 Å². The smallest absolute Gasteiger partial charge is 0.340 e. The number of ether oxygens (including phenoxy) is 3. The molecule has 0 aliphatic carbocycles. The summed E-state index contributed by atoms with van der Waals surface area (Å²) in [7, 11) is 3.13. The summed E-state index contributed by atoms with van der Waals surface area (Å²) in [5.74, 6) is 0.218. The molecule has 0 aliphatic rings. The number of carbonyl (C=O) groups is 2. The summed E-state index contributed by atoms with van der Waals surface area (Å²) in [5, 5.41) is 13.6. The Hall–Kier alpha value is -3.95. The number of nitrogens with one attached hydrogen (secondary N) is 1. The van der Waals surface area contributed by atoms with Crippen molar-refractivity contribution in [3.8, 4) is 17.2 Å². The van der Waals surface area contributed by atoms with Crippen LogP contribution in [-0.4, -0.2) is 59.5 Å². The van der Waals surface area contributed by atoms with Gasteiger partial charge in [0.25, 0.3) is 5.91 Å². The van der Waals surface area contributed by atoms with Gasteiger partial charge in [0, 0.05) is 6.54 Å². The Labute approximate surface area is 172 Å². The fourth-order valence-electron chi connectivity index (χ4n) is 2.76. The van der Waals surface area contributed by atoms with Gasteiger partial charge in [0.2, 0.25) is 0 Å². The molecular weight excluding hydrogens is 390 g/mol. The first-order chi connectivity index (χ1) is 14.6. The van der Waals surface area contributed by atoms with Crippen molar-refractivity contribution in [2.24, 2.45) is 0 Å². The SMILES string of the molecule is COc1ccc(CCNC(=O)COC(=O)c2ccccc2-n2cnnn2)cc1OC. The summed E-state index contributed by atoms with van der Waals surface area (Å²) in [6.45, 7) is -0.0121. The Bertz CT molecular complexity index is 1010. The van der Waals surface area contributed by atoms with E-state index in [0.29, 0.717) is 30.2 Å². The third kappa shape index (κ3) is 5.10. The quantitative estimate of drug-likeness (QED) is 0.522. The Morgan fingerprint density at radius 1 is 1.07 bits per heavy atom. The molecule has 30 heavy (non-hydrogen) atoms. The number of rotatable bonds is 9. The molecule has 156 valence electrons. The largest absolute Gasteiger partial charge is 0.493 e. The van der Waals surface area contributed by atoms with Crippen LogP contribution in [0.4, 0.5) is 0 Å². The molecule has 1 heterocycles. The molecule has 10 nitrogen and oxygen atoms in total. The standard InChI is InChI=1S/C20H21N5O5/c1-28-17-8-7-14(11-18(17)29-2)9-10-21-19(26)12-30-20(27)15-5-3-4-6-16(15)25-13-22-23-24-25/h3-8,11,13H,9-10,12H2,1-2H3,(H,21,26). The highest BCUT2D eigenvalue weighted by Gasteiger charge is 2.16. The first-order valence-corrected chi connectivity index (χ1v) is 9.09. The van der Waals surface area contributed by atoms with Crippen LogP contribution < -0.4 is 14.8 Å². The number of tetrazole rings is 1. The number of nitrogens with zero attached hydrogens (tertiary/aromatic N) is 4. The Balaban J connectivity index is 1.49. The van der Waals surface area contributed by atoms with Crippen molar-refractivity contribution < 1.29 is 23.8 Å². The van der Waals surface area contributed by atoms with Crippen molar-refractivity contribution in [3.05, 3.63) is 59.9 Å². The van der Waals surface area contributed by atoms with E-state index in [1.807, 2.05) is 12.1 Å². The van der Waals surface area contributed by atoms with E-state index in [-0.39, 0.29) is 5.56 Å². The fourth-order valence-corrected chi connectivity index (χ4v) is 2.76. The van der Waals surface area contributed by atoms with Crippen LogP contribution in [0.5, 0.6) is 11.5 Å². The summed E-state index contributed by atoms with van der Waals surface area (Å²) in [6, 6.07) is 12.2. The number of para-hydroxylation sites is 1. The van der Waals surface area contributed by atoms with E-state index < -0.39 is 18.5 Å². The molecule has 0 saturated heterocycles. The lowest BCUT2D eigenvalue weighted by Gasteiger charge is -2.11. The first-order valence-electron chi connectivity index (χ1n) is 9.09. The second kappa shape index (κ2) is 10.0. The number of benzene rings is 2. The van der Waals surface area contributed by atoms with Crippen molar-refractivity contribution in [3.63, 3.8) is 0 Å². The van der Waals surface area contributed by atoms with E-state index in [1.165, 1.54) is 11.0 Å². The molecule has 0 fully saturated rings. The molecule has 0 aliphatic heterocycles. The van der Waals surface area contributed by atoms with Gasteiger partial charge in [0.05, 0.1) is 25.5 Å². The van der Waals surface area contributed by atoms with Crippen LogP contribution >= 0.6 is 0 Å². The predicted molar refractivity (Wildman–Crippen MR) is 106 cm³/mol. The molecule has 1 N–H and O–H groups in total. The van der Waals surface area contributed by atoms with Crippen LogP contribution in [0.3, 0.4) is 0 Å². The molecule has 0 saturated carbocycles. The molecule has 2 aromatic carbocycles. The number of esters is 1. The molecule has 1 amide bonds. The minimum atomic E-state index is -0.642. The van der Waals surface area contributed by atoms with Crippen LogP contribution in [0, 0.1) is 0 Å². The summed E-state index contributed by atoms with van der Waals surface area (Å²) in [5.41, 5.74) is 1.68. The molecule has 3 rings (SSSR count). The maximum absolute atomic E-state index is 12.4. The number of methoxy groups -OCH3 is 2. The zero-order valence-corrected chi connectivity index (χ0v) is 16.6. The highest BCUT2D eigenvalue weighted by atomic mass is 16.5. The number of hydrogen-bond donors (Lipinski definition) is 1. The molecule has 0 bridgehead atoms. The third-order valence-electron chi connectivity index (χ3n) is 4.24. The van der Waals surface area contributed by atoms with Gasteiger partial charge in [-0.15, -0.1) is 5.10 Å². The summed E-state index contributed by atoms with van der Waals surface area (Å²) in [6.07, 6.45) is 1.95. The van der Waals surface area contributed by atoms with Crippen molar-refractivity contribution in [2.45, 2.75) is 6.42 Å². The van der Waals surface area contributed by atoms with E-state index in [2.05, 4.69) is 20.8 Å². The van der Waals surface area contributed by atoms with Crippen LogP contribution in [-0.2, 0) is 16.0 Å². The lowest BCUT2D eigenvalue weighted by molar-refractivity contribution is -0.124. The van der Waals surface area contributed by atoms with Gasteiger partial charge >= 0.3 is 5.97 Å². The van der Waals surface area contributed by atoms with Gasteiger partial charge < -0.3 is 19.5 Å². The van der Waals surface area contributed by atoms with Crippen LogP contribution in [0.1, 0.15) is 15.9 Å². The maximum Gasteiger partial charge on any atom is 0.340 e. The van der Waals surface area contributed by atoms with E-state index in [1.54, 1.807) is 44.6 Å².